The van der Waals surface area contributed by atoms with Crippen LogP contribution in [-0.2, 0) is 14.3 Å². The number of benzene rings is 2. The van der Waals surface area contributed by atoms with Gasteiger partial charge in [-0.15, -0.1) is 0 Å². The van der Waals surface area contributed by atoms with Gasteiger partial charge in [0.05, 0.1) is 5.92 Å². The zero-order valence-electron chi connectivity index (χ0n) is 18.0. The first-order valence-corrected chi connectivity index (χ1v) is 11.0. The lowest BCUT2D eigenvalue weighted by molar-refractivity contribution is -0.139. The molecule has 1 unspecified atom stereocenters. The minimum absolute atomic E-state index is 0.00582. The minimum Gasteiger partial charge on any atom is -0.481 e. The number of alkyl carbamates (subject to hydrolysis) is 1. The van der Waals surface area contributed by atoms with Crippen LogP contribution in [-0.4, -0.2) is 42.3 Å². The van der Waals surface area contributed by atoms with Crippen LogP contribution in [0.2, 0.25) is 0 Å². The molecule has 2 aliphatic rings. The number of nitrogens with one attached hydrogen (secondary N) is 2. The summed E-state index contributed by atoms with van der Waals surface area (Å²) in [7, 11) is 0. The lowest BCUT2D eigenvalue weighted by Crippen LogP contribution is -2.35. The predicted octanol–water partition coefficient (Wildman–Crippen LogP) is 3.53. The summed E-state index contributed by atoms with van der Waals surface area (Å²) in [6.07, 6.45) is 0.857. The molecule has 3 N–H and O–H groups in total. The largest absolute Gasteiger partial charge is 0.481 e. The van der Waals surface area contributed by atoms with E-state index in [1.54, 1.807) is 0 Å². The van der Waals surface area contributed by atoms with Gasteiger partial charge >= 0.3 is 12.1 Å². The fourth-order valence-electron chi connectivity index (χ4n) is 4.37. The minimum atomic E-state index is -0.801. The zero-order chi connectivity index (χ0) is 22.7. The fraction of sp³-hybridized carbons (Fsp3) is 0.400. The van der Waals surface area contributed by atoms with E-state index in [1.807, 2.05) is 31.2 Å². The molecule has 32 heavy (non-hydrogen) atoms. The van der Waals surface area contributed by atoms with Crippen LogP contribution in [0.1, 0.15) is 43.2 Å². The smallest absolute Gasteiger partial charge is 0.407 e. The van der Waals surface area contributed by atoms with Gasteiger partial charge in [0.15, 0.2) is 0 Å². The fourth-order valence-corrected chi connectivity index (χ4v) is 4.37. The van der Waals surface area contributed by atoms with E-state index in [2.05, 4.69) is 34.9 Å². The van der Waals surface area contributed by atoms with Gasteiger partial charge < -0.3 is 20.5 Å². The molecule has 0 bridgehead atoms. The Bertz CT molecular complexity index is 975. The van der Waals surface area contributed by atoms with Crippen LogP contribution in [0.15, 0.2) is 48.5 Å². The van der Waals surface area contributed by atoms with Gasteiger partial charge in [0, 0.05) is 24.9 Å². The van der Waals surface area contributed by atoms with Gasteiger partial charge in [-0.25, -0.2) is 4.79 Å². The molecule has 7 nitrogen and oxygen atoms in total. The molecule has 1 saturated carbocycles. The molecule has 2 aliphatic carbocycles. The molecule has 168 valence electrons. The van der Waals surface area contributed by atoms with Crippen molar-refractivity contribution in [3.05, 3.63) is 59.7 Å². The van der Waals surface area contributed by atoms with Crippen LogP contribution in [0.5, 0.6) is 0 Å². The summed E-state index contributed by atoms with van der Waals surface area (Å²) in [4.78, 5) is 35.1. The van der Waals surface area contributed by atoms with Gasteiger partial charge in [0.1, 0.15) is 6.61 Å². The van der Waals surface area contributed by atoms with Crippen molar-refractivity contribution in [2.75, 3.05) is 13.2 Å². The second kappa shape index (κ2) is 9.42. The number of carbonyl (C=O) groups is 3. The van der Waals surface area contributed by atoms with Crippen molar-refractivity contribution >= 4 is 18.0 Å². The Morgan fingerprint density at radius 3 is 2.28 bits per heavy atom. The molecular weight excluding hydrogens is 408 g/mol. The first-order valence-electron chi connectivity index (χ1n) is 11.0. The van der Waals surface area contributed by atoms with Crippen LogP contribution >= 0.6 is 0 Å². The van der Waals surface area contributed by atoms with Crippen molar-refractivity contribution in [1.29, 1.82) is 0 Å². The monoisotopic (exact) mass is 436 g/mol. The summed E-state index contributed by atoms with van der Waals surface area (Å²) < 4.78 is 5.53. The Kier molecular flexibility index (Phi) is 6.44. The number of fused-ring (bicyclic) bond motifs is 3. The molecule has 3 atom stereocenters. The molecule has 0 saturated heterocycles. The van der Waals surface area contributed by atoms with E-state index < -0.39 is 12.1 Å². The first kappa shape index (κ1) is 21.9. The number of ether oxygens (including phenoxy) is 1. The first-order chi connectivity index (χ1) is 15.4. The van der Waals surface area contributed by atoms with E-state index in [0.717, 1.165) is 11.1 Å². The Hall–Kier alpha value is -3.35. The van der Waals surface area contributed by atoms with Crippen molar-refractivity contribution in [2.24, 2.45) is 11.8 Å². The Morgan fingerprint density at radius 2 is 1.69 bits per heavy atom. The third-order valence-electron chi connectivity index (χ3n) is 6.31. The highest BCUT2D eigenvalue weighted by Crippen LogP contribution is 2.44. The lowest BCUT2D eigenvalue weighted by atomic mass is 9.98. The Morgan fingerprint density at radius 1 is 1.06 bits per heavy atom. The van der Waals surface area contributed by atoms with Gasteiger partial charge in [0.2, 0.25) is 5.91 Å². The number of rotatable bonds is 9. The number of carbonyl (C=O) groups excluding carboxylic acids is 2. The van der Waals surface area contributed by atoms with Crippen LogP contribution in [0.25, 0.3) is 11.1 Å². The van der Waals surface area contributed by atoms with Crippen molar-refractivity contribution < 1.29 is 24.2 Å². The molecule has 4 rings (SSSR count). The number of hydrogen-bond donors (Lipinski definition) is 3. The van der Waals surface area contributed by atoms with Gasteiger partial charge in [-0.05, 0) is 47.9 Å². The van der Waals surface area contributed by atoms with Crippen LogP contribution in [0.3, 0.4) is 0 Å². The van der Waals surface area contributed by atoms with Crippen LogP contribution in [0.4, 0.5) is 4.79 Å². The molecule has 1 fully saturated rings. The lowest BCUT2D eigenvalue weighted by Gasteiger charge is -2.17. The van der Waals surface area contributed by atoms with E-state index in [-0.39, 0.29) is 42.7 Å². The molecule has 2 aromatic rings. The van der Waals surface area contributed by atoms with Gasteiger partial charge in [0.25, 0.3) is 0 Å². The van der Waals surface area contributed by atoms with Gasteiger partial charge in [-0.3, -0.25) is 9.59 Å². The summed E-state index contributed by atoms with van der Waals surface area (Å²) in [6, 6.07) is 16.1. The zero-order valence-corrected chi connectivity index (χ0v) is 18.0. The standard InChI is InChI=1S/C25H28N2O5/c1-15(10-11-23(28)26-13-16-12-21(16)24(29)30)27-25(31)32-14-22-19-8-4-2-6-17(19)18-7-3-5-9-20(18)22/h2-9,15-16,21-22H,10-14H2,1H3,(H,26,28)(H,27,31)(H,29,30)/t15?,16-,21-/m0/s1. The van der Waals surface area contributed by atoms with E-state index >= 15 is 0 Å². The Balaban J connectivity index is 1.20. The molecular formula is C25H28N2O5. The maximum Gasteiger partial charge on any atom is 0.407 e. The van der Waals surface area contributed by atoms with Crippen LogP contribution < -0.4 is 10.6 Å². The van der Waals surface area contributed by atoms with Crippen LogP contribution in [0, 0.1) is 11.8 Å². The van der Waals surface area contributed by atoms with E-state index in [1.165, 1.54) is 11.1 Å². The molecule has 7 heteroatoms. The highest BCUT2D eigenvalue weighted by Gasteiger charge is 2.42. The van der Waals surface area contributed by atoms with Crippen molar-refractivity contribution in [3.63, 3.8) is 0 Å². The second-order valence-electron chi connectivity index (χ2n) is 8.65. The summed E-state index contributed by atoms with van der Waals surface area (Å²) in [5.41, 5.74) is 4.67. The summed E-state index contributed by atoms with van der Waals surface area (Å²) >= 11 is 0. The number of carboxylic acid groups (broad SMARTS) is 1. The Labute approximate surface area is 187 Å². The molecule has 2 aromatic carbocycles. The molecule has 0 aliphatic heterocycles. The highest BCUT2D eigenvalue weighted by atomic mass is 16.5. The average Bonchev–Trinajstić information content (AvgIpc) is 3.51. The number of aliphatic carboxylic acids is 1. The topological polar surface area (TPSA) is 105 Å². The molecule has 0 spiro atoms. The maximum atomic E-state index is 12.3. The van der Waals surface area contributed by atoms with Crippen molar-refractivity contribution in [1.82, 2.24) is 10.6 Å². The molecule has 0 radical (unpaired) electrons. The SMILES string of the molecule is CC(CCC(=O)NC[C@@H]1C[C@@H]1C(=O)O)NC(=O)OCC1c2ccccc2-c2ccccc21. The molecule has 0 aromatic heterocycles. The second-order valence-corrected chi connectivity index (χ2v) is 8.65. The molecule has 0 heterocycles. The van der Waals surface area contributed by atoms with E-state index in [4.69, 9.17) is 9.84 Å². The maximum absolute atomic E-state index is 12.3. The third kappa shape index (κ3) is 4.93. The normalized spacial score (nSPS) is 19.4. The summed E-state index contributed by atoms with van der Waals surface area (Å²) in [6.45, 7) is 2.47. The van der Waals surface area contributed by atoms with Crippen molar-refractivity contribution in [3.8, 4) is 11.1 Å². The average molecular weight is 437 g/mol. The molecule has 2 amide bonds. The van der Waals surface area contributed by atoms with Crippen molar-refractivity contribution in [2.45, 2.75) is 38.1 Å². The van der Waals surface area contributed by atoms with Gasteiger partial charge in [-0.2, -0.15) is 0 Å². The highest BCUT2D eigenvalue weighted by molar-refractivity contribution is 5.79. The number of hydrogen-bond acceptors (Lipinski definition) is 4. The summed E-state index contributed by atoms with van der Waals surface area (Å²) in [5.74, 6) is -1.23. The number of amides is 2. The van der Waals surface area contributed by atoms with E-state index in [9.17, 15) is 14.4 Å². The number of carboxylic acids is 1. The third-order valence-corrected chi connectivity index (χ3v) is 6.31. The van der Waals surface area contributed by atoms with E-state index in [0.29, 0.717) is 19.4 Å². The quantitative estimate of drug-likeness (QED) is 0.558. The summed E-state index contributed by atoms with van der Waals surface area (Å²) in [5, 5.41) is 14.5. The predicted molar refractivity (Wildman–Crippen MR) is 119 cm³/mol. The van der Waals surface area contributed by atoms with Gasteiger partial charge in [-0.1, -0.05) is 48.5 Å².